The van der Waals surface area contributed by atoms with Crippen molar-refractivity contribution in [1.82, 2.24) is 4.98 Å². The average Bonchev–Trinajstić information content (AvgIpc) is 2.30. The van der Waals surface area contributed by atoms with Gasteiger partial charge in [-0.25, -0.2) is 0 Å². The lowest BCUT2D eigenvalue weighted by Gasteiger charge is -1.97. The predicted molar refractivity (Wildman–Crippen MR) is 46.7 cm³/mol. The third-order valence-corrected chi connectivity index (χ3v) is 2.14. The maximum atomic E-state index is 4.41. The van der Waals surface area contributed by atoms with Crippen molar-refractivity contribution in [2.45, 2.75) is 13.8 Å². The van der Waals surface area contributed by atoms with Crippen molar-refractivity contribution in [3.05, 3.63) is 35.5 Å². The predicted octanol–water partition coefficient (Wildman–Crippen LogP) is 2.41. The van der Waals surface area contributed by atoms with Gasteiger partial charge < -0.3 is 4.98 Å². The standard InChI is InChI=1S/C10H10N/c1-7-8(2)11-10-6-4-3-5-9(7)10/h3-6H,1-2H3/q-1. The number of benzene rings is 1. The van der Waals surface area contributed by atoms with E-state index in [9.17, 15) is 0 Å². The van der Waals surface area contributed by atoms with Gasteiger partial charge >= 0.3 is 0 Å². The van der Waals surface area contributed by atoms with Gasteiger partial charge in [0.15, 0.2) is 0 Å². The largest absolute Gasteiger partial charge is 0.661 e. The SMILES string of the molecule is Cc1[n-]c2ccccc2c1C. The highest BCUT2D eigenvalue weighted by atomic mass is 14.7. The minimum atomic E-state index is 1.11. The number of aryl methyl sites for hydroxylation is 2. The fourth-order valence-corrected chi connectivity index (χ4v) is 1.35. The number of nitrogens with zero attached hydrogens (tertiary/aromatic N) is 1. The van der Waals surface area contributed by atoms with E-state index in [0.29, 0.717) is 0 Å². The number of aromatic nitrogens is 1. The summed E-state index contributed by atoms with van der Waals surface area (Å²) < 4.78 is 0. The molecule has 0 amide bonds. The van der Waals surface area contributed by atoms with Crippen molar-refractivity contribution in [3.8, 4) is 0 Å². The fraction of sp³-hybridized carbons (Fsp3) is 0.200. The van der Waals surface area contributed by atoms with Crippen LogP contribution in [0.4, 0.5) is 0 Å². The van der Waals surface area contributed by atoms with Gasteiger partial charge in [0.2, 0.25) is 0 Å². The van der Waals surface area contributed by atoms with Crippen LogP contribution in [0, 0.1) is 13.8 Å². The van der Waals surface area contributed by atoms with E-state index in [2.05, 4.69) is 37.0 Å². The molecule has 0 spiro atoms. The minimum absolute atomic E-state index is 1.11. The highest BCUT2D eigenvalue weighted by Gasteiger charge is 1.91. The number of para-hydroxylation sites is 1. The van der Waals surface area contributed by atoms with Gasteiger partial charge in [0, 0.05) is 0 Å². The topological polar surface area (TPSA) is 14.1 Å². The first-order chi connectivity index (χ1) is 5.29. The summed E-state index contributed by atoms with van der Waals surface area (Å²) in [4.78, 5) is 4.41. The Morgan fingerprint density at radius 3 is 2.55 bits per heavy atom. The van der Waals surface area contributed by atoms with Gasteiger partial charge in [0.05, 0.1) is 0 Å². The van der Waals surface area contributed by atoms with Crippen molar-refractivity contribution in [3.63, 3.8) is 0 Å². The van der Waals surface area contributed by atoms with E-state index < -0.39 is 0 Å². The van der Waals surface area contributed by atoms with Crippen LogP contribution in [-0.2, 0) is 0 Å². The summed E-state index contributed by atoms with van der Waals surface area (Å²) in [5.74, 6) is 0. The summed E-state index contributed by atoms with van der Waals surface area (Å²) in [7, 11) is 0. The lowest BCUT2D eigenvalue weighted by Crippen LogP contribution is -1.73. The van der Waals surface area contributed by atoms with E-state index in [0.717, 1.165) is 11.2 Å². The normalized spacial score (nSPS) is 10.7. The highest BCUT2D eigenvalue weighted by molar-refractivity contribution is 5.83. The van der Waals surface area contributed by atoms with Crippen LogP contribution in [-0.4, -0.2) is 0 Å². The molecule has 11 heavy (non-hydrogen) atoms. The summed E-state index contributed by atoms with van der Waals surface area (Å²) in [5, 5.41) is 1.28. The Hall–Kier alpha value is -1.24. The zero-order valence-electron chi connectivity index (χ0n) is 6.76. The molecule has 0 bridgehead atoms. The number of hydrogen-bond acceptors (Lipinski definition) is 0. The van der Waals surface area contributed by atoms with Gasteiger partial charge in [-0.15, -0.1) is 5.52 Å². The first-order valence-corrected chi connectivity index (χ1v) is 3.77. The van der Waals surface area contributed by atoms with E-state index in [4.69, 9.17) is 0 Å². The molecule has 0 atom stereocenters. The molecule has 1 nitrogen and oxygen atoms in total. The monoisotopic (exact) mass is 144 g/mol. The Labute approximate surface area is 66.1 Å². The molecule has 1 heteroatoms. The van der Waals surface area contributed by atoms with Crippen LogP contribution >= 0.6 is 0 Å². The molecule has 56 valence electrons. The highest BCUT2D eigenvalue weighted by Crippen LogP contribution is 2.18. The maximum absolute atomic E-state index is 4.41. The van der Waals surface area contributed by atoms with Crippen molar-refractivity contribution in [2.75, 3.05) is 0 Å². The lowest BCUT2D eigenvalue weighted by atomic mass is 10.2. The summed E-state index contributed by atoms with van der Waals surface area (Å²) in [5.41, 5.74) is 3.56. The Kier molecular flexibility index (Phi) is 1.25. The molecule has 0 saturated carbocycles. The quantitative estimate of drug-likeness (QED) is 0.553. The lowest BCUT2D eigenvalue weighted by molar-refractivity contribution is 1.23. The first kappa shape index (κ1) is 6.47. The van der Waals surface area contributed by atoms with Crippen LogP contribution < -0.4 is 4.98 Å². The second kappa shape index (κ2) is 2.12. The molecule has 0 radical (unpaired) electrons. The van der Waals surface area contributed by atoms with Gasteiger partial charge in [0.1, 0.15) is 0 Å². The zero-order chi connectivity index (χ0) is 7.84. The molecule has 2 rings (SSSR count). The molecule has 0 saturated heterocycles. The van der Waals surface area contributed by atoms with Gasteiger partial charge in [-0.1, -0.05) is 36.8 Å². The molecule has 0 aliphatic carbocycles. The molecule has 1 heterocycles. The second-order valence-electron chi connectivity index (χ2n) is 2.84. The van der Waals surface area contributed by atoms with Crippen LogP contribution in [0.5, 0.6) is 0 Å². The Bertz CT molecular complexity index is 385. The van der Waals surface area contributed by atoms with E-state index in [1.54, 1.807) is 0 Å². The van der Waals surface area contributed by atoms with Crippen molar-refractivity contribution in [1.29, 1.82) is 0 Å². The van der Waals surface area contributed by atoms with Crippen LogP contribution in [0.1, 0.15) is 11.3 Å². The zero-order valence-corrected chi connectivity index (χ0v) is 6.76. The fourth-order valence-electron chi connectivity index (χ4n) is 1.35. The Morgan fingerprint density at radius 1 is 1.09 bits per heavy atom. The maximum Gasteiger partial charge on any atom is -0.0390 e. The van der Waals surface area contributed by atoms with E-state index in [-0.39, 0.29) is 0 Å². The van der Waals surface area contributed by atoms with Crippen LogP contribution in [0.25, 0.3) is 10.9 Å². The summed E-state index contributed by atoms with van der Waals surface area (Å²) in [6, 6.07) is 8.24. The number of rotatable bonds is 0. The van der Waals surface area contributed by atoms with Crippen LogP contribution in [0.2, 0.25) is 0 Å². The molecule has 0 fully saturated rings. The summed E-state index contributed by atoms with van der Waals surface area (Å²) >= 11 is 0. The van der Waals surface area contributed by atoms with Gasteiger partial charge in [-0.05, 0) is 12.3 Å². The van der Waals surface area contributed by atoms with Gasteiger partial charge in [0.25, 0.3) is 0 Å². The summed E-state index contributed by atoms with van der Waals surface area (Å²) in [6.07, 6.45) is 0. The molecule has 2 aromatic rings. The number of fused-ring (bicyclic) bond motifs is 1. The number of hydrogen-bond donors (Lipinski definition) is 0. The van der Waals surface area contributed by atoms with Gasteiger partial charge in [-0.3, -0.25) is 0 Å². The molecule has 0 aliphatic rings. The summed E-state index contributed by atoms with van der Waals surface area (Å²) in [6.45, 7) is 4.17. The van der Waals surface area contributed by atoms with E-state index >= 15 is 0 Å². The van der Waals surface area contributed by atoms with E-state index in [1.807, 2.05) is 6.07 Å². The first-order valence-electron chi connectivity index (χ1n) is 3.77. The van der Waals surface area contributed by atoms with Crippen LogP contribution in [0.3, 0.4) is 0 Å². The Balaban J connectivity index is 2.92. The third kappa shape index (κ3) is 0.845. The van der Waals surface area contributed by atoms with Crippen molar-refractivity contribution < 1.29 is 0 Å². The third-order valence-electron chi connectivity index (χ3n) is 2.14. The van der Waals surface area contributed by atoms with Gasteiger partial charge in [-0.2, -0.15) is 5.69 Å². The molecular formula is C10H10N-. The molecule has 0 aliphatic heterocycles. The molecule has 0 N–H and O–H groups in total. The van der Waals surface area contributed by atoms with Crippen molar-refractivity contribution in [2.24, 2.45) is 0 Å². The second-order valence-corrected chi connectivity index (χ2v) is 2.84. The van der Waals surface area contributed by atoms with Crippen molar-refractivity contribution >= 4 is 10.9 Å². The molecule has 0 unspecified atom stereocenters. The smallest absolute Gasteiger partial charge is 0.0390 e. The minimum Gasteiger partial charge on any atom is -0.661 e. The Morgan fingerprint density at radius 2 is 1.82 bits per heavy atom. The van der Waals surface area contributed by atoms with Crippen LogP contribution in [0.15, 0.2) is 24.3 Å². The van der Waals surface area contributed by atoms with E-state index in [1.165, 1.54) is 10.9 Å². The molecular weight excluding hydrogens is 134 g/mol. The average molecular weight is 144 g/mol. The molecule has 1 aromatic heterocycles. The molecule has 1 aromatic carbocycles.